The summed E-state index contributed by atoms with van der Waals surface area (Å²) in [6.07, 6.45) is 0.685. The van der Waals surface area contributed by atoms with Crippen LogP contribution in [0.5, 0.6) is 5.75 Å². The molecule has 3 aromatic carbocycles. The molecule has 0 bridgehead atoms. The second-order valence-electron chi connectivity index (χ2n) is 7.48. The lowest BCUT2D eigenvalue weighted by Gasteiger charge is -2.33. The Morgan fingerprint density at radius 1 is 0.939 bits per heavy atom. The zero-order valence-electron chi connectivity index (χ0n) is 18.9. The topological polar surface area (TPSA) is 55.8 Å². The van der Waals surface area contributed by atoms with Gasteiger partial charge in [-0.15, -0.1) is 0 Å². The summed E-state index contributed by atoms with van der Waals surface area (Å²) in [4.78, 5) is 27.7. The average molecular weight is 466 g/mol. The Bertz CT molecular complexity index is 1020. The molecule has 0 saturated heterocycles. The summed E-state index contributed by atoms with van der Waals surface area (Å²) in [5.74, 6) is -0.0585. The average Bonchev–Trinajstić information content (AvgIpc) is 2.84. The number of amides is 1. The van der Waals surface area contributed by atoms with Crippen molar-refractivity contribution >= 4 is 23.5 Å². The molecule has 1 amide bonds. The molecule has 172 valence electrons. The fourth-order valence-electron chi connectivity index (χ4n) is 3.80. The Morgan fingerprint density at radius 3 is 2.09 bits per heavy atom. The first-order valence-corrected chi connectivity index (χ1v) is 11.3. The van der Waals surface area contributed by atoms with Crippen molar-refractivity contribution in [2.75, 3.05) is 20.3 Å². The smallest absolute Gasteiger partial charge is 0.305 e. The number of methoxy groups -OCH3 is 1. The van der Waals surface area contributed by atoms with Gasteiger partial charge in [0, 0.05) is 18.0 Å². The quantitative estimate of drug-likeness (QED) is 0.348. The molecule has 3 rings (SSSR count). The van der Waals surface area contributed by atoms with Crippen LogP contribution in [0.15, 0.2) is 78.9 Å². The Balaban J connectivity index is 2.05. The van der Waals surface area contributed by atoms with E-state index in [1.54, 1.807) is 30.0 Å². The van der Waals surface area contributed by atoms with E-state index >= 15 is 0 Å². The molecule has 0 N–H and O–H groups in total. The van der Waals surface area contributed by atoms with Gasteiger partial charge < -0.3 is 14.4 Å². The van der Waals surface area contributed by atoms with Crippen molar-refractivity contribution in [3.8, 4) is 5.75 Å². The third-order valence-corrected chi connectivity index (χ3v) is 5.52. The molecule has 0 radical (unpaired) electrons. The summed E-state index contributed by atoms with van der Waals surface area (Å²) in [7, 11) is 1.52. The summed E-state index contributed by atoms with van der Waals surface area (Å²) in [5.41, 5.74) is 2.31. The third-order valence-electron chi connectivity index (χ3n) is 5.28. The number of benzene rings is 3. The molecule has 0 heterocycles. The lowest BCUT2D eigenvalue weighted by atomic mass is 9.95. The lowest BCUT2D eigenvalue weighted by molar-refractivity contribution is -0.143. The fraction of sp³-hybridized carbons (Fsp3) is 0.259. The number of carbonyl (C=O) groups excluding carboxylic acids is 2. The normalized spacial score (nSPS) is 10.7. The largest absolute Gasteiger partial charge is 0.496 e. The number of ether oxygens (including phenoxy) is 2. The Morgan fingerprint density at radius 2 is 1.55 bits per heavy atom. The highest BCUT2D eigenvalue weighted by Gasteiger charge is 2.29. The maximum absolute atomic E-state index is 13.9. The molecule has 0 aliphatic heterocycles. The van der Waals surface area contributed by atoms with Crippen LogP contribution in [-0.4, -0.2) is 37.0 Å². The van der Waals surface area contributed by atoms with Crippen LogP contribution >= 0.6 is 11.6 Å². The van der Waals surface area contributed by atoms with E-state index in [0.29, 0.717) is 35.9 Å². The van der Waals surface area contributed by atoms with E-state index in [2.05, 4.69) is 0 Å². The van der Waals surface area contributed by atoms with Crippen molar-refractivity contribution in [2.24, 2.45) is 0 Å². The minimum Gasteiger partial charge on any atom is -0.496 e. The van der Waals surface area contributed by atoms with Crippen LogP contribution in [0.1, 0.15) is 47.3 Å². The first-order chi connectivity index (χ1) is 16.0. The monoisotopic (exact) mass is 465 g/mol. The lowest BCUT2D eigenvalue weighted by Crippen LogP contribution is -2.37. The predicted octanol–water partition coefficient (Wildman–Crippen LogP) is 5.92. The van der Waals surface area contributed by atoms with Gasteiger partial charge in [-0.05, 0) is 42.7 Å². The van der Waals surface area contributed by atoms with Gasteiger partial charge in [-0.2, -0.15) is 0 Å². The highest BCUT2D eigenvalue weighted by molar-refractivity contribution is 6.31. The van der Waals surface area contributed by atoms with Gasteiger partial charge in [-0.1, -0.05) is 72.3 Å². The molecule has 0 aliphatic rings. The van der Waals surface area contributed by atoms with Gasteiger partial charge in [0.15, 0.2) is 0 Å². The summed E-state index contributed by atoms with van der Waals surface area (Å²) in [5, 5.41) is 0.446. The number of carbonyl (C=O) groups is 2. The molecular formula is C27H28ClNO4. The van der Waals surface area contributed by atoms with Crippen LogP contribution in [0.4, 0.5) is 0 Å². The Hall–Kier alpha value is -3.31. The van der Waals surface area contributed by atoms with Crippen molar-refractivity contribution in [3.05, 3.63) is 101 Å². The van der Waals surface area contributed by atoms with Crippen molar-refractivity contribution in [3.63, 3.8) is 0 Å². The van der Waals surface area contributed by atoms with Gasteiger partial charge in [0.25, 0.3) is 5.91 Å². The second-order valence-corrected chi connectivity index (χ2v) is 7.91. The molecule has 3 aromatic rings. The van der Waals surface area contributed by atoms with E-state index in [0.717, 1.165) is 11.1 Å². The molecule has 0 spiro atoms. The van der Waals surface area contributed by atoms with Gasteiger partial charge in [0.1, 0.15) is 5.75 Å². The molecule has 0 aromatic heterocycles. The maximum Gasteiger partial charge on any atom is 0.305 e. The molecular weight excluding hydrogens is 438 g/mol. The molecule has 33 heavy (non-hydrogen) atoms. The van der Waals surface area contributed by atoms with E-state index in [-0.39, 0.29) is 24.3 Å². The van der Waals surface area contributed by atoms with E-state index in [1.807, 2.05) is 60.7 Å². The summed E-state index contributed by atoms with van der Waals surface area (Å²) in [6, 6.07) is 24.3. The van der Waals surface area contributed by atoms with Gasteiger partial charge >= 0.3 is 5.97 Å². The zero-order chi connectivity index (χ0) is 23.6. The zero-order valence-corrected chi connectivity index (χ0v) is 19.6. The van der Waals surface area contributed by atoms with E-state index < -0.39 is 0 Å². The Labute approximate surface area is 199 Å². The molecule has 6 heteroatoms. The molecule has 5 nitrogen and oxygen atoms in total. The number of hydrogen-bond donors (Lipinski definition) is 0. The molecule has 0 fully saturated rings. The van der Waals surface area contributed by atoms with Crippen molar-refractivity contribution in [1.82, 2.24) is 4.90 Å². The van der Waals surface area contributed by atoms with Gasteiger partial charge in [0.2, 0.25) is 0 Å². The van der Waals surface area contributed by atoms with E-state index in [1.165, 1.54) is 7.11 Å². The number of nitrogens with zero attached hydrogens (tertiary/aromatic N) is 1. The summed E-state index contributed by atoms with van der Waals surface area (Å²) in [6.45, 7) is 2.46. The van der Waals surface area contributed by atoms with E-state index in [4.69, 9.17) is 21.1 Å². The van der Waals surface area contributed by atoms with Gasteiger partial charge in [0.05, 0.1) is 25.3 Å². The summed E-state index contributed by atoms with van der Waals surface area (Å²) < 4.78 is 10.5. The number of hydrogen-bond acceptors (Lipinski definition) is 4. The number of esters is 1. The Kier molecular flexibility index (Phi) is 8.90. The standard InChI is InChI=1S/C27H28ClNO4/c1-3-33-25(30)15-10-18-29(27(31)23-19-22(28)16-17-24(23)32-2)26(20-11-6-4-7-12-20)21-13-8-5-9-14-21/h4-9,11-14,16-17,19,26H,3,10,15,18H2,1-2H3. The second kappa shape index (κ2) is 12.1. The first-order valence-electron chi connectivity index (χ1n) is 10.9. The minimum atomic E-state index is -0.356. The molecule has 0 saturated carbocycles. The van der Waals surface area contributed by atoms with Crippen molar-refractivity contribution in [1.29, 1.82) is 0 Å². The molecule has 0 aliphatic carbocycles. The van der Waals surface area contributed by atoms with Crippen LogP contribution in [-0.2, 0) is 9.53 Å². The number of halogens is 1. The predicted molar refractivity (Wildman–Crippen MR) is 130 cm³/mol. The van der Waals surface area contributed by atoms with Crippen LogP contribution in [0.3, 0.4) is 0 Å². The number of rotatable bonds is 10. The molecule has 0 atom stereocenters. The highest BCUT2D eigenvalue weighted by Crippen LogP contribution is 2.33. The van der Waals surface area contributed by atoms with E-state index in [9.17, 15) is 9.59 Å². The third kappa shape index (κ3) is 6.36. The maximum atomic E-state index is 13.9. The van der Waals surface area contributed by atoms with Gasteiger partial charge in [-0.3, -0.25) is 9.59 Å². The highest BCUT2D eigenvalue weighted by atomic mass is 35.5. The van der Waals surface area contributed by atoms with Crippen LogP contribution < -0.4 is 4.74 Å². The van der Waals surface area contributed by atoms with Crippen molar-refractivity contribution < 1.29 is 19.1 Å². The van der Waals surface area contributed by atoms with Crippen molar-refractivity contribution in [2.45, 2.75) is 25.8 Å². The first kappa shape index (κ1) is 24.3. The summed E-state index contributed by atoms with van der Waals surface area (Å²) >= 11 is 6.23. The van der Waals surface area contributed by atoms with Crippen LogP contribution in [0, 0.1) is 0 Å². The minimum absolute atomic E-state index is 0.223. The van der Waals surface area contributed by atoms with Crippen LogP contribution in [0.2, 0.25) is 5.02 Å². The SMILES string of the molecule is CCOC(=O)CCCN(C(=O)c1cc(Cl)ccc1OC)C(c1ccccc1)c1ccccc1. The fourth-order valence-corrected chi connectivity index (χ4v) is 3.97. The van der Waals surface area contributed by atoms with Gasteiger partial charge in [-0.25, -0.2) is 0 Å². The van der Waals surface area contributed by atoms with Crippen LogP contribution in [0.25, 0.3) is 0 Å². The molecule has 0 unspecified atom stereocenters.